The fourth-order valence-corrected chi connectivity index (χ4v) is 4.05. The number of hydrogen-bond donors (Lipinski definition) is 0. The molecule has 0 unspecified atom stereocenters. The van der Waals surface area contributed by atoms with E-state index in [0.29, 0.717) is 21.5 Å². The molecule has 168 valence electrons. The maximum Gasteiger partial charge on any atom is 0.326 e. The smallest absolute Gasteiger partial charge is 0.326 e. The van der Waals surface area contributed by atoms with Crippen molar-refractivity contribution in [3.8, 4) is 11.5 Å². The average molecular weight is 524 g/mol. The molecule has 1 aliphatic rings. The molecule has 0 atom stereocenters. The Morgan fingerprint density at radius 1 is 1.19 bits per heavy atom. The van der Waals surface area contributed by atoms with Gasteiger partial charge in [-0.3, -0.25) is 19.3 Å². The number of esters is 1. The van der Waals surface area contributed by atoms with Crippen molar-refractivity contribution < 1.29 is 33.0 Å². The van der Waals surface area contributed by atoms with Crippen molar-refractivity contribution in [1.29, 1.82) is 0 Å². The molecule has 1 saturated heterocycles. The second-order valence-electron chi connectivity index (χ2n) is 6.51. The van der Waals surface area contributed by atoms with Crippen LogP contribution in [-0.2, 0) is 20.9 Å². The Morgan fingerprint density at radius 2 is 1.91 bits per heavy atom. The van der Waals surface area contributed by atoms with Gasteiger partial charge in [-0.15, -0.1) is 0 Å². The van der Waals surface area contributed by atoms with Crippen molar-refractivity contribution in [3.05, 3.63) is 62.7 Å². The molecule has 2 aromatic carbocycles. The highest BCUT2D eigenvalue weighted by Gasteiger charge is 2.36. The molecule has 0 N–H and O–H groups in total. The van der Waals surface area contributed by atoms with E-state index in [1.54, 1.807) is 31.2 Å². The summed E-state index contributed by atoms with van der Waals surface area (Å²) in [6.07, 6.45) is 1.53. The van der Waals surface area contributed by atoms with Crippen LogP contribution in [0.4, 0.5) is 9.18 Å². The van der Waals surface area contributed by atoms with E-state index in [9.17, 15) is 18.8 Å². The summed E-state index contributed by atoms with van der Waals surface area (Å²) >= 11 is 4.18. The van der Waals surface area contributed by atoms with E-state index in [0.717, 1.165) is 22.2 Å². The summed E-state index contributed by atoms with van der Waals surface area (Å²) in [5.74, 6) is -0.703. The van der Waals surface area contributed by atoms with Gasteiger partial charge < -0.3 is 14.2 Å². The van der Waals surface area contributed by atoms with Crippen molar-refractivity contribution in [1.82, 2.24) is 4.90 Å². The van der Waals surface area contributed by atoms with Gasteiger partial charge in [0.25, 0.3) is 11.1 Å². The lowest BCUT2D eigenvalue weighted by Gasteiger charge is -2.13. The zero-order valence-corrected chi connectivity index (χ0v) is 19.6. The molecule has 0 aromatic heterocycles. The van der Waals surface area contributed by atoms with Crippen molar-refractivity contribution in [2.24, 2.45) is 0 Å². The highest BCUT2D eigenvalue weighted by molar-refractivity contribution is 9.10. The van der Waals surface area contributed by atoms with Crippen LogP contribution in [0, 0.1) is 5.82 Å². The van der Waals surface area contributed by atoms with Gasteiger partial charge in [-0.05, 0) is 60.2 Å². The van der Waals surface area contributed by atoms with Gasteiger partial charge in [-0.2, -0.15) is 0 Å². The number of ether oxygens (including phenoxy) is 3. The molecule has 7 nitrogen and oxygen atoms in total. The Kier molecular flexibility index (Phi) is 7.92. The Morgan fingerprint density at radius 3 is 2.56 bits per heavy atom. The molecular weight excluding hydrogens is 505 g/mol. The van der Waals surface area contributed by atoms with Crippen LogP contribution in [0.1, 0.15) is 18.1 Å². The van der Waals surface area contributed by atoms with Crippen LogP contribution in [-0.4, -0.2) is 42.3 Å². The minimum absolute atomic E-state index is 0.160. The SMILES string of the molecule is CCOC(=O)CN1C(=O)S/C(=C/c2cc(OC)c(OCc3ccc(F)cc3)cc2Br)C1=O. The zero-order chi connectivity index (χ0) is 23.3. The summed E-state index contributed by atoms with van der Waals surface area (Å²) in [5.41, 5.74) is 1.36. The number of imide groups is 1. The van der Waals surface area contributed by atoms with Crippen molar-refractivity contribution in [2.75, 3.05) is 20.3 Å². The number of halogens is 2. The van der Waals surface area contributed by atoms with Gasteiger partial charge in [0.05, 0.1) is 18.6 Å². The van der Waals surface area contributed by atoms with Gasteiger partial charge in [-0.25, -0.2) is 4.39 Å². The summed E-state index contributed by atoms with van der Waals surface area (Å²) in [5, 5.41) is -0.545. The normalized spacial score (nSPS) is 14.8. The second kappa shape index (κ2) is 10.6. The number of rotatable bonds is 8. The Balaban J connectivity index is 1.78. The molecule has 1 heterocycles. The molecule has 0 radical (unpaired) electrons. The summed E-state index contributed by atoms with van der Waals surface area (Å²) in [7, 11) is 1.48. The first-order valence-corrected chi connectivity index (χ1v) is 11.1. The first-order valence-electron chi connectivity index (χ1n) is 9.48. The predicted molar refractivity (Wildman–Crippen MR) is 121 cm³/mol. The molecule has 10 heteroatoms. The minimum atomic E-state index is -0.651. The molecule has 2 amide bonds. The lowest BCUT2D eigenvalue weighted by molar-refractivity contribution is -0.145. The van der Waals surface area contributed by atoms with Crippen LogP contribution in [0.3, 0.4) is 0 Å². The van der Waals surface area contributed by atoms with Gasteiger partial charge in [-0.1, -0.05) is 28.1 Å². The first kappa shape index (κ1) is 23.8. The number of methoxy groups -OCH3 is 1. The third kappa shape index (κ3) is 5.68. The number of nitrogens with zero attached hydrogens (tertiary/aromatic N) is 1. The van der Waals surface area contributed by atoms with E-state index in [1.807, 2.05) is 0 Å². The molecule has 0 aliphatic carbocycles. The lowest BCUT2D eigenvalue weighted by Crippen LogP contribution is -2.34. The molecule has 1 aliphatic heterocycles. The minimum Gasteiger partial charge on any atom is -0.493 e. The fourth-order valence-electron chi connectivity index (χ4n) is 2.79. The third-order valence-electron chi connectivity index (χ3n) is 4.34. The van der Waals surface area contributed by atoms with E-state index >= 15 is 0 Å². The lowest BCUT2D eigenvalue weighted by atomic mass is 10.1. The van der Waals surface area contributed by atoms with Crippen LogP contribution >= 0.6 is 27.7 Å². The van der Waals surface area contributed by atoms with Crippen molar-refractivity contribution in [3.63, 3.8) is 0 Å². The summed E-state index contributed by atoms with van der Waals surface area (Å²) in [6.45, 7) is 1.57. The van der Waals surface area contributed by atoms with E-state index in [-0.39, 0.29) is 23.9 Å². The van der Waals surface area contributed by atoms with Crippen molar-refractivity contribution >= 4 is 50.9 Å². The number of thioether (sulfide) groups is 1. The van der Waals surface area contributed by atoms with Crippen LogP contribution in [0.5, 0.6) is 11.5 Å². The van der Waals surface area contributed by atoms with Crippen LogP contribution in [0.25, 0.3) is 6.08 Å². The Bertz CT molecular complexity index is 1070. The maximum absolute atomic E-state index is 13.1. The topological polar surface area (TPSA) is 82.1 Å². The van der Waals surface area contributed by atoms with Crippen molar-refractivity contribution in [2.45, 2.75) is 13.5 Å². The summed E-state index contributed by atoms with van der Waals surface area (Å²) in [4.78, 5) is 37.4. The highest BCUT2D eigenvalue weighted by atomic mass is 79.9. The van der Waals surface area contributed by atoms with E-state index < -0.39 is 23.7 Å². The third-order valence-corrected chi connectivity index (χ3v) is 5.94. The number of benzene rings is 2. The van der Waals surface area contributed by atoms with E-state index in [4.69, 9.17) is 14.2 Å². The fraction of sp³-hybridized carbons (Fsp3) is 0.227. The molecule has 0 bridgehead atoms. The average Bonchev–Trinajstić information content (AvgIpc) is 3.02. The van der Waals surface area contributed by atoms with Crippen LogP contribution in [0.15, 0.2) is 45.8 Å². The largest absolute Gasteiger partial charge is 0.493 e. The van der Waals surface area contributed by atoms with Crippen LogP contribution < -0.4 is 9.47 Å². The van der Waals surface area contributed by atoms with E-state index in [2.05, 4.69) is 15.9 Å². The molecule has 2 aromatic rings. The molecule has 0 saturated carbocycles. The highest BCUT2D eigenvalue weighted by Crippen LogP contribution is 2.38. The number of hydrogen-bond acceptors (Lipinski definition) is 7. The molecular formula is C22H19BrFNO6S. The number of carbonyl (C=O) groups excluding carboxylic acids is 3. The second-order valence-corrected chi connectivity index (χ2v) is 8.36. The van der Waals surface area contributed by atoms with Gasteiger partial charge >= 0.3 is 5.97 Å². The molecule has 3 rings (SSSR count). The quantitative estimate of drug-likeness (QED) is 0.363. The maximum atomic E-state index is 13.1. The van der Waals surface area contributed by atoms with Gasteiger partial charge in [0.2, 0.25) is 0 Å². The molecule has 32 heavy (non-hydrogen) atoms. The van der Waals surface area contributed by atoms with Gasteiger partial charge in [0, 0.05) is 4.47 Å². The summed E-state index contributed by atoms with van der Waals surface area (Å²) in [6, 6.07) is 9.28. The molecule has 0 spiro atoms. The van der Waals surface area contributed by atoms with Gasteiger partial charge in [0.1, 0.15) is 19.0 Å². The predicted octanol–water partition coefficient (Wildman–Crippen LogP) is 4.78. The monoisotopic (exact) mass is 523 g/mol. The first-order chi connectivity index (χ1) is 15.3. The standard InChI is InChI=1S/C22H19BrFNO6S/c1-3-30-20(26)11-25-21(27)19(32-22(25)28)9-14-8-17(29-2)18(10-16(14)23)31-12-13-4-6-15(24)7-5-13/h4-10H,3,11-12H2,1-2H3/b19-9+. The number of amides is 2. The number of carbonyl (C=O) groups is 3. The summed E-state index contributed by atoms with van der Waals surface area (Å²) < 4.78 is 29.7. The zero-order valence-electron chi connectivity index (χ0n) is 17.2. The Labute approximate surface area is 196 Å². The van der Waals surface area contributed by atoms with Gasteiger partial charge in [0.15, 0.2) is 11.5 Å². The van der Waals surface area contributed by atoms with Crippen LogP contribution in [0.2, 0.25) is 0 Å². The molecule has 1 fully saturated rings. The Hall–Kier alpha value is -2.85. The van der Waals surface area contributed by atoms with E-state index in [1.165, 1.54) is 25.3 Å².